The van der Waals surface area contributed by atoms with E-state index >= 15 is 0 Å². The number of anilines is 2. The Labute approximate surface area is 118 Å². The van der Waals surface area contributed by atoms with Crippen LogP contribution in [0.1, 0.15) is 36.5 Å². The third-order valence-electron chi connectivity index (χ3n) is 3.23. The number of hydrogen-bond donors (Lipinski definition) is 2. The lowest BCUT2D eigenvalue weighted by molar-refractivity contribution is 0.0527. The van der Waals surface area contributed by atoms with E-state index in [1.54, 1.807) is 13.0 Å². The van der Waals surface area contributed by atoms with Gasteiger partial charge in [-0.2, -0.15) is 0 Å². The molecule has 6 nitrogen and oxygen atoms in total. The Kier molecular flexibility index (Phi) is 5.17. The van der Waals surface area contributed by atoms with Crippen LogP contribution in [0.3, 0.4) is 0 Å². The largest absolute Gasteiger partial charge is 0.462 e. The molecule has 0 aliphatic carbocycles. The van der Waals surface area contributed by atoms with E-state index in [9.17, 15) is 4.79 Å². The molecule has 0 amide bonds. The van der Waals surface area contributed by atoms with Gasteiger partial charge in [0.25, 0.3) is 0 Å². The minimum Gasteiger partial charge on any atom is -0.462 e. The van der Waals surface area contributed by atoms with Crippen molar-refractivity contribution < 1.29 is 14.3 Å². The van der Waals surface area contributed by atoms with Crippen molar-refractivity contribution in [3.05, 3.63) is 17.8 Å². The van der Waals surface area contributed by atoms with Crippen molar-refractivity contribution >= 4 is 17.5 Å². The van der Waals surface area contributed by atoms with Gasteiger partial charge in [-0.1, -0.05) is 0 Å². The van der Waals surface area contributed by atoms with E-state index in [2.05, 4.69) is 10.3 Å². The molecule has 1 aromatic heterocycles. The van der Waals surface area contributed by atoms with Gasteiger partial charge in [0.1, 0.15) is 5.82 Å². The molecule has 110 valence electrons. The summed E-state index contributed by atoms with van der Waals surface area (Å²) in [5.41, 5.74) is 6.41. The highest BCUT2D eigenvalue weighted by atomic mass is 16.5. The van der Waals surface area contributed by atoms with Crippen LogP contribution >= 0.6 is 0 Å². The van der Waals surface area contributed by atoms with Gasteiger partial charge in [-0.05, 0) is 32.3 Å². The molecule has 2 rings (SSSR count). The Bertz CT molecular complexity index is 459. The molecule has 1 aliphatic rings. The highest BCUT2D eigenvalue weighted by Gasteiger charge is 2.15. The maximum absolute atomic E-state index is 11.7. The Morgan fingerprint density at radius 3 is 3.20 bits per heavy atom. The molecule has 1 atom stereocenters. The summed E-state index contributed by atoms with van der Waals surface area (Å²) in [7, 11) is 0. The van der Waals surface area contributed by atoms with Crippen molar-refractivity contribution in [2.75, 3.05) is 30.8 Å². The van der Waals surface area contributed by atoms with Crippen LogP contribution in [0.15, 0.2) is 12.3 Å². The minimum absolute atomic E-state index is 0.322. The number of nitrogens with zero attached hydrogens (tertiary/aromatic N) is 1. The Morgan fingerprint density at radius 2 is 2.50 bits per heavy atom. The molecule has 1 aromatic rings. The SMILES string of the molecule is CCOC(=O)c1cc(NCCC2CCCO2)ncc1N. The molecule has 1 fully saturated rings. The van der Waals surface area contributed by atoms with Gasteiger partial charge < -0.3 is 20.5 Å². The fraction of sp³-hybridized carbons (Fsp3) is 0.571. The van der Waals surface area contributed by atoms with E-state index in [4.69, 9.17) is 15.2 Å². The van der Waals surface area contributed by atoms with E-state index in [1.165, 1.54) is 6.20 Å². The number of rotatable bonds is 6. The average Bonchev–Trinajstić information content (AvgIpc) is 2.94. The second-order valence-electron chi connectivity index (χ2n) is 4.73. The van der Waals surface area contributed by atoms with Crippen molar-refractivity contribution in [1.82, 2.24) is 4.98 Å². The van der Waals surface area contributed by atoms with Gasteiger partial charge in [-0.25, -0.2) is 9.78 Å². The third kappa shape index (κ3) is 3.84. The maximum Gasteiger partial charge on any atom is 0.340 e. The maximum atomic E-state index is 11.7. The summed E-state index contributed by atoms with van der Waals surface area (Å²) >= 11 is 0. The van der Waals surface area contributed by atoms with Crippen LogP contribution in [0.4, 0.5) is 11.5 Å². The van der Waals surface area contributed by atoms with Crippen LogP contribution in [0.25, 0.3) is 0 Å². The van der Waals surface area contributed by atoms with Gasteiger partial charge in [0.2, 0.25) is 0 Å². The van der Waals surface area contributed by atoms with Crippen molar-refractivity contribution in [2.45, 2.75) is 32.3 Å². The molecule has 20 heavy (non-hydrogen) atoms. The summed E-state index contributed by atoms with van der Waals surface area (Å²) in [4.78, 5) is 15.9. The standard InChI is InChI=1S/C14H21N3O3/c1-2-19-14(18)11-8-13(17-9-12(11)15)16-6-5-10-4-3-7-20-10/h8-10H,2-7,15H2,1H3,(H,16,17). The zero-order valence-electron chi connectivity index (χ0n) is 11.7. The van der Waals surface area contributed by atoms with Gasteiger partial charge in [-0.15, -0.1) is 0 Å². The number of nitrogens with one attached hydrogen (secondary N) is 1. The fourth-order valence-corrected chi connectivity index (χ4v) is 2.18. The monoisotopic (exact) mass is 279 g/mol. The molecular weight excluding hydrogens is 258 g/mol. The molecule has 2 heterocycles. The first-order chi connectivity index (χ1) is 9.70. The molecule has 0 aromatic carbocycles. The van der Waals surface area contributed by atoms with Crippen molar-refractivity contribution in [1.29, 1.82) is 0 Å². The first-order valence-electron chi connectivity index (χ1n) is 6.98. The van der Waals surface area contributed by atoms with Crippen LogP contribution in [0, 0.1) is 0 Å². The van der Waals surface area contributed by atoms with Gasteiger partial charge >= 0.3 is 5.97 Å². The molecule has 0 radical (unpaired) electrons. The first kappa shape index (κ1) is 14.6. The predicted octanol–water partition coefficient (Wildman–Crippen LogP) is 1.82. The zero-order chi connectivity index (χ0) is 14.4. The number of nitrogens with two attached hydrogens (primary N) is 1. The highest BCUT2D eigenvalue weighted by molar-refractivity contribution is 5.95. The van der Waals surface area contributed by atoms with Crippen molar-refractivity contribution in [3.63, 3.8) is 0 Å². The number of hydrogen-bond acceptors (Lipinski definition) is 6. The average molecular weight is 279 g/mol. The number of esters is 1. The molecule has 1 saturated heterocycles. The van der Waals surface area contributed by atoms with E-state index in [0.717, 1.165) is 32.4 Å². The van der Waals surface area contributed by atoms with Crippen LogP contribution < -0.4 is 11.1 Å². The number of carbonyl (C=O) groups is 1. The number of carbonyl (C=O) groups excluding carboxylic acids is 1. The predicted molar refractivity (Wildman–Crippen MR) is 76.7 cm³/mol. The number of aromatic nitrogens is 1. The number of nitrogen functional groups attached to an aromatic ring is 1. The Morgan fingerprint density at radius 1 is 1.65 bits per heavy atom. The fourth-order valence-electron chi connectivity index (χ4n) is 2.18. The summed E-state index contributed by atoms with van der Waals surface area (Å²) in [6, 6.07) is 1.63. The summed E-state index contributed by atoms with van der Waals surface area (Å²) in [6.45, 7) is 3.69. The lowest BCUT2D eigenvalue weighted by Gasteiger charge is -2.11. The van der Waals surface area contributed by atoms with Gasteiger partial charge in [-0.3, -0.25) is 0 Å². The van der Waals surface area contributed by atoms with Gasteiger partial charge in [0.15, 0.2) is 0 Å². The van der Waals surface area contributed by atoms with E-state index in [1.807, 2.05) is 0 Å². The van der Waals surface area contributed by atoms with E-state index in [-0.39, 0.29) is 0 Å². The van der Waals surface area contributed by atoms with Gasteiger partial charge in [0, 0.05) is 13.2 Å². The number of ether oxygens (including phenoxy) is 2. The first-order valence-corrected chi connectivity index (χ1v) is 6.98. The highest BCUT2D eigenvalue weighted by Crippen LogP contribution is 2.18. The zero-order valence-corrected chi connectivity index (χ0v) is 11.7. The van der Waals surface area contributed by atoms with Crippen LogP contribution in [0.5, 0.6) is 0 Å². The topological polar surface area (TPSA) is 86.5 Å². The van der Waals surface area contributed by atoms with Crippen LogP contribution in [-0.4, -0.2) is 36.8 Å². The summed E-state index contributed by atoms with van der Waals surface area (Å²) in [5.74, 6) is 0.204. The lowest BCUT2D eigenvalue weighted by Crippen LogP contribution is -2.14. The molecule has 0 bridgehead atoms. The third-order valence-corrected chi connectivity index (χ3v) is 3.23. The molecule has 6 heteroatoms. The van der Waals surface area contributed by atoms with Crippen LogP contribution in [0.2, 0.25) is 0 Å². The second kappa shape index (κ2) is 7.09. The second-order valence-corrected chi connectivity index (χ2v) is 4.73. The molecule has 0 spiro atoms. The number of pyridine rings is 1. The summed E-state index contributed by atoms with van der Waals surface area (Å²) in [6.07, 6.45) is 4.99. The molecule has 1 aliphatic heterocycles. The summed E-state index contributed by atoms with van der Waals surface area (Å²) in [5, 5.41) is 3.18. The van der Waals surface area contributed by atoms with Crippen molar-refractivity contribution in [3.8, 4) is 0 Å². The van der Waals surface area contributed by atoms with E-state index < -0.39 is 5.97 Å². The van der Waals surface area contributed by atoms with E-state index in [0.29, 0.717) is 29.8 Å². The summed E-state index contributed by atoms with van der Waals surface area (Å²) < 4.78 is 10.5. The van der Waals surface area contributed by atoms with Crippen molar-refractivity contribution in [2.24, 2.45) is 0 Å². The lowest BCUT2D eigenvalue weighted by atomic mass is 10.2. The Balaban J connectivity index is 1.90. The normalized spacial score (nSPS) is 17.9. The Hall–Kier alpha value is -1.82. The minimum atomic E-state index is -0.422. The molecular formula is C14H21N3O3. The smallest absolute Gasteiger partial charge is 0.340 e. The van der Waals surface area contributed by atoms with Crippen LogP contribution in [-0.2, 0) is 9.47 Å². The van der Waals surface area contributed by atoms with Gasteiger partial charge in [0.05, 0.1) is 30.2 Å². The quantitative estimate of drug-likeness (QED) is 0.772. The molecule has 3 N–H and O–H groups in total. The molecule has 1 unspecified atom stereocenters. The molecule has 0 saturated carbocycles.